The molecule has 3 heterocycles. The SMILES string of the molecule is CC.O=C(C1=CN2CC(c3cccc(F)c3)CCC2N1)N1CCC(Cc2ccccc2)CC1. The lowest BCUT2D eigenvalue weighted by Gasteiger charge is -2.36. The van der Waals surface area contributed by atoms with Gasteiger partial charge in [0.1, 0.15) is 11.5 Å². The first-order valence-electron chi connectivity index (χ1n) is 12.5. The van der Waals surface area contributed by atoms with Crippen LogP contribution in [0.15, 0.2) is 66.5 Å². The average molecular weight is 450 g/mol. The first kappa shape index (κ1) is 23.3. The standard InChI is InChI=1S/C26H30FN3O.C2H6/c27-23-8-4-7-21(16-23)22-9-10-25-28-24(18-30(25)17-22)26(31)29-13-11-20(12-14-29)15-19-5-2-1-3-6-19;1-2/h1-8,16,18,20,22,25,28H,9-15,17H2;1-2H3. The summed E-state index contributed by atoms with van der Waals surface area (Å²) in [5.74, 6) is 0.889. The van der Waals surface area contributed by atoms with Crippen LogP contribution in [-0.4, -0.2) is 41.5 Å². The van der Waals surface area contributed by atoms with Gasteiger partial charge in [-0.3, -0.25) is 4.79 Å². The van der Waals surface area contributed by atoms with Crippen LogP contribution in [0.5, 0.6) is 0 Å². The largest absolute Gasteiger partial charge is 0.360 e. The minimum absolute atomic E-state index is 0.120. The summed E-state index contributed by atoms with van der Waals surface area (Å²) in [5, 5.41) is 3.45. The van der Waals surface area contributed by atoms with E-state index in [4.69, 9.17) is 0 Å². The summed E-state index contributed by atoms with van der Waals surface area (Å²) in [4.78, 5) is 17.4. The molecule has 0 bridgehead atoms. The fourth-order valence-electron chi connectivity index (χ4n) is 5.29. The molecule has 0 aliphatic carbocycles. The summed E-state index contributed by atoms with van der Waals surface area (Å²) in [5.41, 5.74) is 3.15. The van der Waals surface area contributed by atoms with E-state index in [1.165, 1.54) is 11.6 Å². The van der Waals surface area contributed by atoms with Gasteiger partial charge in [0.15, 0.2) is 0 Å². The van der Waals surface area contributed by atoms with Gasteiger partial charge in [-0.15, -0.1) is 0 Å². The molecule has 0 saturated carbocycles. The molecule has 1 amide bonds. The Labute approximate surface area is 197 Å². The molecule has 0 aromatic heterocycles. The Morgan fingerprint density at radius 1 is 1.00 bits per heavy atom. The molecule has 5 rings (SSSR count). The molecule has 3 aliphatic heterocycles. The summed E-state index contributed by atoms with van der Waals surface area (Å²) in [6.07, 6.45) is 7.34. The highest BCUT2D eigenvalue weighted by Gasteiger charge is 2.35. The van der Waals surface area contributed by atoms with E-state index in [9.17, 15) is 9.18 Å². The van der Waals surface area contributed by atoms with Crippen molar-refractivity contribution >= 4 is 5.91 Å². The van der Waals surface area contributed by atoms with Gasteiger partial charge in [0, 0.05) is 31.8 Å². The number of benzene rings is 2. The normalized spacial score (nSPS) is 22.6. The van der Waals surface area contributed by atoms with Crippen molar-refractivity contribution in [3.63, 3.8) is 0 Å². The molecule has 0 spiro atoms. The molecule has 5 heteroatoms. The molecule has 2 saturated heterocycles. The predicted octanol–water partition coefficient (Wildman–Crippen LogP) is 5.28. The van der Waals surface area contributed by atoms with E-state index in [-0.39, 0.29) is 17.9 Å². The second-order valence-electron chi connectivity index (χ2n) is 9.15. The second-order valence-corrected chi connectivity index (χ2v) is 9.15. The van der Waals surface area contributed by atoms with Crippen LogP contribution >= 0.6 is 0 Å². The Hall–Kier alpha value is -2.82. The van der Waals surface area contributed by atoms with Gasteiger partial charge in [0.25, 0.3) is 5.91 Å². The van der Waals surface area contributed by atoms with Gasteiger partial charge in [-0.05, 0) is 61.3 Å². The molecular weight excluding hydrogens is 413 g/mol. The second kappa shape index (κ2) is 10.9. The number of hydrogen-bond donors (Lipinski definition) is 1. The van der Waals surface area contributed by atoms with Crippen molar-refractivity contribution in [2.24, 2.45) is 5.92 Å². The summed E-state index contributed by atoms with van der Waals surface area (Å²) >= 11 is 0. The van der Waals surface area contributed by atoms with Crippen LogP contribution in [0.3, 0.4) is 0 Å². The molecule has 2 atom stereocenters. The van der Waals surface area contributed by atoms with E-state index < -0.39 is 0 Å². The van der Waals surface area contributed by atoms with Crippen molar-refractivity contribution < 1.29 is 9.18 Å². The maximum Gasteiger partial charge on any atom is 0.271 e. The molecule has 4 nitrogen and oxygen atoms in total. The van der Waals surface area contributed by atoms with Crippen molar-refractivity contribution in [1.29, 1.82) is 0 Å². The van der Waals surface area contributed by atoms with Crippen molar-refractivity contribution in [3.8, 4) is 0 Å². The minimum atomic E-state index is -0.179. The third-order valence-corrected chi connectivity index (χ3v) is 7.06. The van der Waals surface area contributed by atoms with Gasteiger partial charge in [-0.2, -0.15) is 0 Å². The number of hydrogen-bond acceptors (Lipinski definition) is 3. The predicted molar refractivity (Wildman–Crippen MR) is 131 cm³/mol. The van der Waals surface area contributed by atoms with Crippen LogP contribution in [-0.2, 0) is 11.2 Å². The summed E-state index contributed by atoms with van der Waals surface area (Å²) in [6, 6.07) is 17.6. The van der Waals surface area contributed by atoms with Gasteiger partial charge >= 0.3 is 0 Å². The Morgan fingerprint density at radius 2 is 1.76 bits per heavy atom. The van der Waals surface area contributed by atoms with E-state index >= 15 is 0 Å². The van der Waals surface area contributed by atoms with E-state index in [0.29, 0.717) is 17.5 Å². The number of fused-ring (bicyclic) bond motifs is 1. The van der Waals surface area contributed by atoms with Crippen molar-refractivity contribution in [1.82, 2.24) is 15.1 Å². The van der Waals surface area contributed by atoms with Crippen LogP contribution in [0, 0.1) is 11.7 Å². The molecule has 33 heavy (non-hydrogen) atoms. The number of nitrogens with one attached hydrogen (secondary N) is 1. The molecule has 0 radical (unpaired) electrons. The maximum atomic E-state index is 13.6. The summed E-state index contributed by atoms with van der Waals surface area (Å²) < 4.78 is 13.6. The Kier molecular flexibility index (Phi) is 7.69. The van der Waals surface area contributed by atoms with Crippen LogP contribution in [0.1, 0.15) is 56.6 Å². The highest BCUT2D eigenvalue weighted by atomic mass is 19.1. The van der Waals surface area contributed by atoms with E-state index in [1.807, 2.05) is 31.0 Å². The molecule has 2 aromatic carbocycles. The molecule has 2 aromatic rings. The minimum Gasteiger partial charge on any atom is -0.360 e. The Morgan fingerprint density at radius 3 is 2.48 bits per heavy atom. The van der Waals surface area contributed by atoms with E-state index in [2.05, 4.69) is 40.5 Å². The van der Waals surface area contributed by atoms with E-state index in [1.54, 1.807) is 12.1 Å². The number of rotatable bonds is 4. The first-order valence-corrected chi connectivity index (χ1v) is 12.5. The van der Waals surface area contributed by atoms with Crippen LogP contribution in [0.4, 0.5) is 4.39 Å². The van der Waals surface area contributed by atoms with Crippen molar-refractivity contribution in [3.05, 3.63) is 83.4 Å². The van der Waals surface area contributed by atoms with Gasteiger partial charge in [0.05, 0.1) is 6.17 Å². The average Bonchev–Trinajstić information content (AvgIpc) is 3.29. The molecule has 3 aliphatic rings. The molecule has 2 fully saturated rings. The zero-order chi connectivity index (χ0) is 23.2. The third-order valence-electron chi connectivity index (χ3n) is 7.06. The Bertz CT molecular complexity index is 953. The van der Waals surface area contributed by atoms with Gasteiger partial charge < -0.3 is 15.1 Å². The van der Waals surface area contributed by atoms with E-state index in [0.717, 1.165) is 57.3 Å². The van der Waals surface area contributed by atoms with Crippen LogP contribution < -0.4 is 5.32 Å². The first-order chi connectivity index (χ1) is 16.2. The van der Waals surface area contributed by atoms with Crippen LogP contribution in [0.25, 0.3) is 0 Å². The van der Waals surface area contributed by atoms with Gasteiger partial charge in [-0.1, -0.05) is 56.3 Å². The fraction of sp³-hybridized carbons (Fsp3) is 0.464. The van der Waals surface area contributed by atoms with Gasteiger partial charge in [0.2, 0.25) is 0 Å². The number of nitrogens with zero attached hydrogens (tertiary/aromatic N) is 2. The fourth-order valence-corrected chi connectivity index (χ4v) is 5.29. The van der Waals surface area contributed by atoms with Crippen molar-refractivity contribution in [2.45, 2.75) is 58.0 Å². The molecule has 176 valence electrons. The number of halogens is 1. The lowest BCUT2D eigenvalue weighted by atomic mass is 9.90. The number of amides is 1. The smallest absolute Gasteiger partial charge is 0.271 e. The number of carbonyl (C=O) groups is 1. The highest BCUT2D eigenvalue weighted by Crippen LogP contribution is 2.33. The molecular formula is C28H36FN3O. The Balaban J connectivity index is 0.00000126. The molecule has 2 unspecified atom stereocenters. The zero-order valence-electron chi connectivity index (χ0n) is 19.8. The topological polar surface area (TPSA) is 35.6 Å². The summed E-state index contributed by atoms with van der Waals surface area (Å²) in [6.45, 7) is 6.47. The van der Waals surface area contributed by atoms with Crippen LogP contribution in [0.2, 0.25) is 0 Å². The number of carbonyl (C=O) groups excluding carboxylic acids is 1. The zero-order valence-corrected chi connectivity index (χ0v) is 19.8. The highest BCUT2D eigenvalue weighted by molar-refractivity contribution is 5.93. The monoisotopic (exact) mass is 449 g/mol. The number of piperidine rings is 2. The lowest BCUT2D eigenvalue weighted by Crippen LogP contribution is -2.45. The maximum absolute atomic E-state index is 13.6. The molecule has 1 N–H and O–H groups in total. The van der Waals surface area contributed by atoms with Gasteiger partial charge in [-0.25, -0.2) is 4.39 Å². The summed E-state index contributed by atoms with van der Waals surface area (Å²) in [7, 11) is 0. The quantitative estimate of drug-likeness (QED) is 0.690. The third kappa shape index (κ3) is 5.58. The lowest BCUT2D eigenvalue weighted by molar-refractivity contribution is -0.128. The number of likely N-dealkylation sites (tertiary alicyclic amines) is 1. The van der Waals surface area contributed by atoms with Crippen molar-refractivity contribution in [2.75, 3.05) is 19.6 Å².